The first-order valence-corrected chi connectivity index (χ1v) is 8.89. The van der Waals surface area contributed by atoms with Gasteiger partial charge in [-0.2, -0.15) is 0 Å². The van der Waals surface area contributed by atoms with Crippen molar-refractivity contribution in [3.63, 3.8) is 0 Å². The predicted molar refractivity (Wildman–Crippen MR) is 96.9 cm³/mol. The number of carbonyl (C=O) groups is 2. The van der Waals surface area contributed by atoms with Crippen LogP contribution in [0.1, 0.15) is 28.8 Å². The van der Waals surface area contributed by atoms with Crippen molar-refractivity contribution in [1.29, 1.82) is 0 Å². The summed E-state index contributed by atoms with van der Waals surface area (Å²) in [6.45, 7) is 0.00445. The van der Waals surface area contributed by atoms with Crippen molar-refractivity contribution in [2.75, 3.05) is 6.61 Å². The highest BCUT2D eigenvalue weighted by molar-refractivity contribution is 5.89. The minimum absolute atomic E-state index is 0.249. The fraction of sp³-hybridized carbons (Fsp3) is 0.333. The summed E-state index contributed by atoms with van der Waals surface area (Å²) in [4.78, 5) is 23.5. The van der Waals surface area contributed by atoms with E-state index >= 15 is 0 Å². The Morgan fingerprint density at radius 3 is 2.41 bits per heavy atom. The topological polar surface area (TPSA) is 82.1 Å². The number of rotatable bonds is 8. The highest BCUT2D eigenvalue weighted by Gasteiger charge is 2.37. The van der Waals surface area contributed by atoms with Crippen molar-refractivity contribution in [3.8, 4) is 0 Å². The highest BCUT2D eigenvalue weighted by Crippen LogP contribution is 2.23. The van der Waals surface area contributed by atoms with Gasteiger partial charge in [0.2, 0.25) is 0 Å². The molecule has 0 unspecified atom stereocenters. The summed E-state index contributed by atoms with van der Waals surface area (Å²) >= 11 is 0. The first-order chi connectivity index (χ1) is 13.1. The molecule has 6 nitrogen and oxygen atoms in total. The maximum absolute atomic E-state index is 12.1. The van der Waals surface area contributed by atoms with Crippen LogP contribution in [0.5, 0.6) is 0 Å². The van der Waals surface area contributed by atoms with Crippen LogP contribution >= 0.6 is 0 Å². The number of aliphatic hydroxyl groups is 1. The van der Waals surface area contributed by atoms with E-state index in [0.29, 0.717) is 12.0 Å². The van der Waals surface area contributed by atoms with Crippen molar-refractivity contribution in [1.82, 2.24) is 0 Å². The van der Waals surface area contributed by atoms with E-state index in [1.807, 2.05) is 30.3 Å². The molecule has 2 aromatic rings. The average Bonchev–Trinajstić information content (AvgIpc) is 3.13. The Kier molecular flexibility index (Phi) is 6.57. The molecular formula is C21H22O6. The summed E-state index contributed by atoms with van der Waals surface area (Å²) in [5, 5.41) is 10.5. The Hall–Kier alpha value is -2.70. The van der Waals surface area contributed by atoms with Gasteiger partial charge in [-0.3, -0.25) is 4.79 Å². The van der Waals surface area contributed by atoms with Gasteiger partial charge in [0, 0.05) is 6.42 Å². The average molecular weight is 370 g/mol. The van der Waals surface area contributed by atoms with Gasteiger partial charge in [-0.25, -0.2) is 4.79 Å². The lowest BCUT2D eigenvalue weighted by Crippen LogP contribution is -2.42. The second-order valence-electron chi connectivity index (χ2n) is 6.36. The Bertz CT molecular complexity index is 746. The molecule has 0 amide bonds. The van der Waals surface area contributed by atoms with Gasteiger partial charge in [-0.1, -0.05) is 48.5 Å². The van der Waals surface area contributed by atoms with Crippen LogP contribution in [0.15, 0.2) is 60.7 Å². The van der Waals surface area contributed by atoms with Crippen LogP contribution in [0.25, 0.3) is 0 Å². The van der Waals surface area contributed by atoms with Crippen molar-refractivity contribution in [3.05, 3.63) is 71.8 Å². The maximum atomic E-state index is 12.1. The smallest absolute Gasteiger partial charge is 0.338 e. The summed E-state index contributed by atoms with van der Waals surface area (Å²) in [6, 6.07) is 18.0. The van der Waals surface area contributed by atoms with Crippen LogP contribution < -0.4 is 0 Å². The first kappa shape index (κ1) is 19.1. The van der Waals surface area contributed by atoms with E-state index in [1.54, 1.807) is 30.3 Å². The van der Waals surface area contributed by atoms with Crippen LogP contribution in [-0.4, -0.2) is 42.0 Å². The van der Waals surface area contributed by atoms with Gasteiger partial charge in [0.1, 0.15) is 24.9 Å². The first-order valence-electron chi connectivity index (χ1n) is 8.89. The second kappa shape index (κ2) is 9.30. The minimum Gasteiger partial charge on any atom is -0.459 e. The number of aliphatic hydroxyl groups excluding tert-OH is 1. The molecule has 2 aromatic carbocycles. The van der Waals surface area contributed by atoms with Gasteiger partial charge in [0.25, 0.3) is 0 Å². The number of esters is 2. The molecule has 0 aliphatic carbocycles. The number of hydrogen-bond acceptors (Lipinski definition) is 6. The van der Waals surface area contributed by atoms with E-state index in [0.717, 1.165) is 5.56 Å². The second-order valence-corrected chi connectivity index (χ2v) is 6.36. The van der Waals surface area contributed by atoms with E-state index in [4.69, 9.17) is 14.2 Å². The number of hydrogen-bond donors (Lipinski definition) is 1. The lowest BCUT2D eigenvalue weighted by molar-refractivity contribution is -0.157. The molecule has 1 saturated heterocycles. The summed E-state index contributed by atoms with van der Waals surface area (Å²) in [5.41, 5.74) is 1.33. The predicted octanol–water partition coefficient (Wildman–Crippen LogP) is 2.50. The molecule has 142 valence electrons. The van der Waals surface area contributed by atoms with E-state index in [9.17, 15) is 14.7 Å². The number of ether oxygens (including phenoxy) is 3. The van der Waals surface area contributed by atoms with E-state index < -0.39 is 24.3 Å². The standard InChI is InChI=1S/C21H22O6/c22-17(14-26-21(24)16-9-5-2-6-10-16)20(18-11-12-19(23)27-18)25-13-15-7-3-1-4-8-15/h1-10,17-18,20,22H,11-14H2/t17-,18+,20-/m1/s1. The van der Waals surface area contributed by atoms with Crippen molar-refractivity contribution in [2.24, 2.45) is 0 Å². The minimum atomic E-state index is -1.11. The molecule has 3 atom stereocenters. The molecule has 1 aliphatic rings. The molecule has 3 rings (SSSR count). The lowest BCUT2D eigenvalue weighted by Gasteiger charge is -2.27. The third-order valence-electron chi connectivity index (χ3n) is 4.34. The summed E-state index contributed by atoms with van der Waals surface area (Å²) in [7, 11) is 0. The summed E-state index contributed by atoms with van der Waals surface area (Å²) in [6.07, 6.45) is -1.71. The van der Waals surface area contributed by atoms with E-state index in [2.05, 4.69) is 0 Å². The summed E-state index contributed by atoms with van der Waals surface area (Å²) < 4.78 is 16.3. The molecule has 6 heteroatoms. The Morgan fingerprint density at radius 2 is 1.78 bits per heavy atom. The van der Waals surface area contributed by atoms with Crippen molar-refractivity contribution >= 4 is 11.9 Å². The Balaban J connectivity index is 1.60. The van der Waals surface area contributed by atoms with Gasteiger partial charge in [-0.15, -0.1) is 0 Å². The molecule has 0 radical (unpaired) electrons. The molecular weight excluding hydrogens is 348 g/mol. The molecule has 1 N–H and O–H groups in total. The quantitative estimate of drug-likeness (QED) is 0.719. The molecule has 0 aromatic heterocycles. The molecule has 0 spiro atoms. The zero-order valence-electron chi connectivity index (χ0n) is 14.8. The molecule has 0 bridgehead atoms. The van der Waals surface area contributed by atoms with Crippen LogP contribution in [-0.2, 0) is 25.6 Å². The fourth-order valence-corrected chi connectivity index (χ4v) is 2.92. The normalized spacial score (nSPS) is 18.6. The van der Waals surface area contributed by atoms with Crippen molar-refractivity contribution < 1.29 is 28.9 Å². The van der Waals surface area contributed by atoms with Crippen LogP contribution in [0.2, 0.25) is 0 Å². The maximum Gasteiger partial charge on any atom is 0.338 e. The molecule has 27 heavy (non-hydrogen) atoms. The summed E-state index contributed by atoms with van der Waals surface area (Å²) in [5.74, 6) is -0.846. The monoisotopic (exact) mass is 370 g/mol. The van der Waals surface area contributed by atoms with Gasteiger partial charge in [-0.05, 0) is 24.1 Å². The van der Waals surface area contributed by atoms with Crippen molar-refractivity contribution in [2.45, 2.75) is 37.8 Å². The Morgan fingerprint density at radius 1 is 1.11 bits per heavy atom. The lowest BCUT2D eigenvalue weighted by atomic mass is 10.1. The van der Waals surface area contributed by atoms with E-state index in [1.165, 1.54) is 0 Å². The van der Waals surface area contributed by atoms with Gasteiger partial charge < -0.3 is 19.3 Å². The molecule has 1 heterocycles. The highest BCUT2D eigenvalue weighted by atomic mass is 16.6. The van der Waals surface area contributed by atoms with Gasteiger partial charge in [0.05, 0.1) is 12.2 Å². The number of benzene rings is 2. The van der Waals surface area contributed by atoms with E-state index in [-0.39, 0.29) is 25.6 Å². The SMILES string of the molecule is O=C1CC[C@@H]([C@H](OCc2ccccc2)[C@H](O)COC(=O)c2ccccc2)O1. The number of cyclic esters (lactones) is 1. The van der Waals surface area contributed by atoms with Crippen LogP contribution in [0, 0.1) is 0 Å². The van der Waals surface area contributed by atoms with Gasteiger partial charge >= 0.3 is 11.9 Å². The fourth-order valence-electron chi connectivity index (χ4n) is 2.92. The Labute approximate surface area is 157 Å². The zero-order chi connectivity index (χ0) is 19.1. The van der Waals surface area contributed by atoms with Gasteiger partial charge in [0.15, 0.2) is 0 Å². The third-order valence-corrected chi connectivity index (χ3v) is 4.34. The molecule has 1 aliphatic heterocycles. The third kappa shape index (κ3) is 5.39. The zero-order valence-corrected chi connectivity index (χ0v) is 14.8. The molecule has 0 saturated carbocycles. The number of carbonyl (C=O) groups excluding carboxylic acids is 2. The van der Waals surface area contributed by atoms with Crippen LogP contribution in [0.3, 0.4) is 0 Å². The largest absolute Gasteiger partial charge is 0.459 e. The van der Waals surface area contributed by atoms with Crippen LogP contribution in [0.4, 0.5) is 0 Å². The molecule has 1 fully saturated rings.